The van der Waals surface area contributed by atoms with Gasteiger partial charge in [0, 0.05) is 10.6 Å². The summed E-state index contributed by atoms with van der Waals surface area (Å²) in [6, 6.07) is 13.5. The van der Waals surface area contributed by atoms with Crippen LogP contribution >= 0.6 is 23.2 Å². The number of nitrogens with zero attached hydrogens (tertiary/aromatic N) is 1. The molecule has 0 radical (unpaired) electrons. The molecule has 0 unspecified atom stereocenters. The first-order valence-electron chi connectivity index (χ1n) is 6.76. The van der Waals surface area contributed by atoms with E-state index in [0.717, 1.165) is 22.5 Å². The number of hydrogen-bond acceptors (Lipinski definition) is 2. The van der Waals surface area contributed by atoms with Gasteiger partial charge in [-0.15, -0.1) is 0 Å². The van der Waals surface area contributed by atoms with Crippen LogP contribution < -0.4 is 20.6 Å². The molecular weight excluding hydrogens is 321 g/mol. The van der Waals surface area contributed by atoms with Gasteiger partial charge in [0.1, 0.15) is 11.0 Å². The lowest BCUT2D eigenvalue weighted by Crippen LogP contribution is -2.88. The molecule has 0 amide bonds. The number of hydrogen-bond donors (Lipinski definition) is 4. The number of imidazole rings is 1. The van der Waals surface area contributed by atoms with Gasteiger partial charge in [-0.2, -0.15) is 9.88 Å². The van der Waals surface area contributed by atoms with Crippen LogP contribution in [0, 0.1) is 0 Å². The Morgan fingerprint density at radius 3 is 2.77 bits per heavy atom. The largest absolute Gasteiger partial charge is 0.368 e. The van der Waals surface area contributed by atoms with Crippen LogP contribution in [0.2, 0.25) is 10.0 Å². The average Bonchev–Trinajstić information content (AvgIpc) is 2.84. The van der Waals surface area contributed by atoms with E-state index < -0.39 is 0 Å². The zero-order valence-corrected chi connectivity index (χ0v) is 12.9. The number of guanidine groups is 1. The van der Waals surface area contributed by atoms with Gasteiger partial charge in [-0.1, -0.05) is 35.3 Å². The molecule has 2 heterocycles. The molecule has 0 spiro atoms. The molecule has 0 aliphatic carbocycles. The van der Waals surface area contributed by atoms with E-state index in [4.69, 9.17) is 28.9 Å². The number of fused-ring (bicyclic) bond motifs is 3. The van der Waals surface area contributed by atoms with Crippen molar-refractivity contribution in [3.8, 4) is 0 Å². The number of nitrogens with two attached hydrogens (primary N) is 1. The van der Waals surface area contributed by atoms with E-state index in [1.54, 1.807) is 6.07 Å². The Labute approximate surface area is 136 Å². The highest BCUT2D eigenvalue weighted by Crippen LogP contribution is 2.25. The molecule has 1 aliphatic heterocycles. The maximum absolute atomic E-state index is 6.38. The van der Waals surface area contributed by atoms with Crippen LogP contribution in [0.15, 0.2) is 42.5 Å². The van der Waals surface area contributed by atoms with Gasteiger partial charge < -0.3 is 0 Å². The molecule has 0 saturated heterocycles. The number of anilines is 1. The Balaban J connectivity index is 1.98. The van der Waals surface area contributed by atoms with E-state index in [9.17, 15) is 0 Å². The standard InChI is InChI=1S/C15H11Cl2N5/c16-8-5-6-9(10(17)7-8)13-20-14(18)21-15-19-11-3-1-2-4-12(11)22(13)15/h1-7,13H,(H3,18,19,20,21)/p+2/t13-/m1/s1. The number of benzene rings is 2. The second-order valence-electron chi connectivity index (χ2n) is 5.11. The first-order chi connectivity index (χ1) is 10.6. The Bertz CT molecular complexity index is 915. The lowest BCUT2D eigenvalue weighted by Gasteiger charge is -2.17. The summed E-state index contributed by atoms with van der Waals surface area (Å²) in [5, 5.41) is 4.29. The molecule has 5 nitrogen and oxygen atoms in total. The zero-order chi connectivity index (χ0) is 15.3. The Hall–Kier alpha value is -2.24. The van der Waals surface area contributed by atoms with E-state index >= 15 is 0 Å². The highest BCUT2D eigenvalue weighted by atomic mass is 35.5. The van der Waals surface area contributed by atoms with Gasteiger partial charge in [0.2, 0.25) is 6.17 Å². The molecule has 22 heavy (non-hydrogen) atoms. The quantitative estimate of drug-likeness (QED) is 0.504. The summed E-state index contributed by atoms with van der Waals surface area (Å²) in [7, 11) is 0. The second-order valence-corrected chi connectivity index (χ2v) is 5.96. The van der Waals surface area contributed by atoms with E-state index in [-0.39, 0.29) is 6.17 Å². The van der Waals surface area contributed by atoms with E-state index in [1.807, 2.05) is 36.4 Å². The number of H-pyrrole nitrogens is 1. The minimum atomic E-state index is -0.225. The third kappa shape index (κ3) is 2.01. The van der Waals surface area contributed by atoms with Crippen LogP contribution in [0.4, 0.5) is 5.95 Å². The molecule has 1 aromatic heterocycles. The lowest BCUT2D eigenvalue weighted by atomic mass is 10.1. The molecule has 2 aromatic carbocycles. The van der Waals surface area contributed by atoms with E-state index in [2.05, 4.69) is 19.9 Å². The normalized spacial score (nSPS) is 17.0. The molecule has 0 saturated carbocycles. The Kier molecular flexibility index (Phi) is 2.99. The summed E-state index contributed by atoms with van der Waals surface area (Å²) in [4.78, 5) is 6.55. The van der Waals surface area contributed by atoms with Crippen LogP contribution in [0.25, 0.3) is 11.0 Å². The number of nitrogens with one attached hydrogen (secondary N) is 3. The fourth-order valence-electron chi connectivity index (χ4n) is 2.77. The number of halogens is 2. The van der Waals surface area contributed by atoms with Crippen molar-refractivity contribution in [2.45, 2.75) is 6.17 Å². The summed E-state index contributed by atoms with van der Waals surface area (Å²) in [6.45, 7) is 0. The maximum Gasteiger partial charge on any atom is 0.368 e. The molecule has 7 heteroatoms. The van der Waals surface area contributed by atoms with Gasteiger partial charge in [0.05, 0.1) is 5.02 Å². The zero-order valence-electron chi connectivity index (χ0n) is 11.4. The monoisotopic (exact) mass is 333 g/mol. The number of para-hydroxylation sites is 2. The summed E-state index contributed by atoms with van der Waals surface area (Å²) >= 11 is 12.4. The predicted molar refractivity (Wildman–Crippen MR) is 86.9 cm³/mol. The van der Waals surface area contributed by atoms with Crippen molar-refractivity contribution in [3.05, 3.63) is 58.1 Å². The Morgan fingerprint density at radius 1 is 1.14 bits per heavy atom. The minimum Gasteiger partial charge on any atom is -0.290 e. The van der Waals surface area contributed by atoms with Gasteiger partial charge in [0.15, 0.2) is 0 Å². The number of rotatable bonds is 1. The summed E-state index contributed by atoms with van der Waals surface area (Å²) in [5.41, 5.74) is 8.92. The van der Waals surface area contributed by atoms with Crippen molar-refractivity contribution >= 4 is 46.1 Å². The summed E-state index contributed by atoms with van der Waals surface area (Å²) in [5.74, 6) is 1.26. The SMILES string of the molecule is NC1=[NH+][C@@H](c2ccc(Cl)cc2Cl)[n+]2c([nH]c3ccccc32)N1. The van der Waals surface area contributed by atoms with Crippen molar-refractivity contribution in [2.75, 3.05) is 5.32 Å². The number of aromatic amines is 1. The molecule has 4 rings (SSSR count). The molecule has 1 aliphatic rings. The highest BCUT2D eigenvalue weighted by molar-refractivity contribution is 6.35. The fourth-order valence-corrected chi connectivity index (χ4v) is 3.28. The summed E-state index contributed by atoms with van der Waals surface area (Å²) < 4.78 is 2.08. The van der Waals surface area contributed by atoms with Crippen molar-refractivity contribution in [1.82, 2.24) is 4.98 Å². The smallest absolute Gasteiger partial charge is 0.290 e. The fraction of sp³-hybridized carbons (Fsp3) is 0.0667. The molecule has 110 valence electrons. The van der Waals surface area contributed by atoms with Crippen molar-refractivity contribution < 1.29 is 9.56 Å². The van der Waals surface area contributed by atoms with E-state index in [1.165, 1.54) is 0 Å². The molecular formula is C15H13Cl2N5+2. The highest BCUT2D eigenvalue weighted by Gasteiger charge is 2.33. The topological polar surface area (TPSA) is 71.7 Å². The van der Waals surface area contributed by atoms with Crippen molar-refractivity contribution in [1.29, 1.82) is 0 Å². The molecule has 5 N–H and O–H groups in total. The van der Waals surface area contributed by atoms with Gasteiger partial charge in [-0.25, -0.2) is 9.98 Å². The van der Waals surface area contributed by atoms with Gasteiger partial charge in [-0.05, 0) is 30.3 Å². The van der Waals surface area contributed by atoms with Crippen molar-refractivity contribution in [3.63, 3.8) is 0 Å². The third-order valence-electron chi connectivity index (χ3n) is 3.72. The number of aromatic nitrogens is 2. The average molecular weight is 334 g/mol. The van der Waals surface area contributed by atoms with Crippen LogP contribution in [0.5, 0.6) is 0 Å². The van der Waals surface area contributed by atoms with Gasteiger partial charge in [-0.3, -0.25) is 5.73 Å². The second kappa shape index (κ2) is 4.90. The van der Waals surface area contributed by atoms with Crippen molar-refractivity contribution in [2.24, 2.45) is 5.73 Å². The minimum absolute atomic E-state index is 0.225. The lowest BCUT2D eigenvalue weighted by molar-refractivity contribution is -0.840. The summed E-state index contributed by atoms with van der Waals surface area (Å²) in [6.07, 6.45) is -0.225. The van der Waals surface area contributed by atoms with Crippen LogP contribution in [0.3, 0.4) is 0 Å². The van der Waals surface area contributed by atoms with E-state index in [0.29, 0.717) is 16.0 Å². The predicted octanol–water partition coefficient (Wildman–Crippen LogP) is 1.13. The van der Waals surface area contributed by atoms with Crippen LogP contribution in [0.1, 0.15) is 11.7 Å². The Morgan fingerprint density at radius 2 is 1.95 bits per heavy atom. The third-order valence-corrected chi connectivity index (χ3v) is 4.28. The van der Waals surface area contributed by atoms with Crippen LogP contribution in [-0.2, 0) is 0 Å². The first-order valence-corrected chi connectivity index (χ1v) is 7.52. The van der Waals surface area contributed by atoms with Gasteiger partial charge in [0.25, 0.3) is 0 Å². The molecule has 0 fully saturated rings. The first kappa shape index (κ1) is 13.4. The maximum atomic E-state index is 6.38. The molecule has 1 atom stereocenters. The molecule has 3 aromatic rings. The van der Waals surface area contributed by atoms with Gasteiger partial charge >= 0.3 is 11.9 Å². The van der Waals surface area contributed by atoms with Crippen LogP contribution in [-0.4, -0.2) is 10.9 Å². The molecule has 0 bridgehead atoms.